The number of hydrogen-bond donors (Lipinski definition) is 2. The molecule has 4 heteroatoms. The van der Waals surface area contributed by atoms with E-state index in [-0.39, 0.29) is 6.10 Å². The molecule has 0 aromatic carbocycles. The molecule has 1 unspecified atom stereocenters. The van der Waals surface area contributed by atoms with Crippen molar-refractivity contribution in [2.24, 2.45) is 0 Å². The van der Waals surface area contributed by atoms with Crippen LogP contribution in [0.5, 0.6) is 0 Å². The Morgan fingerprint density at radius 3 is 2.92 bits per heavy atom. The standard InChI is InChI=1S/C9H15N3O/c1-6-8(9(10)12-11-6)7-4-2-3-5-13-7/h7H,2-5H2,1H3,(H3,10,11,12). The minimum absolute atomic E-state index is 0.160. The highest BCUT2D eigenvalue weighted by Gasteiger charge is 2.21. The lowest BCUT2D eigenvalue weighted by Gasteiger charge is -2.22. The molecule has 13 heavy (non-hydrogen) atoms. The van der Waals surface area contributed by atoms with Crippen LogP contribution in [0.3, 0.4) is 0 Å². The molecule has 1 saturated heterocycles. The van der Waals surface area contributed by atoms with Crippen LogP contribution in [0, 0.1) is 6.92 Å². The summed E-state index contributed by atoms with van der Waals surface area (Å²) in [4.78, 5) is 0. The lowest BCUT2D eigenvalue weighted by Crippen LogP contribution is -2.13. The van der Waals surface area contributed by atoms with Crippen molar-refractivity contribution in [1.29, 1.82) is 0 Å². The van der Waals surface area contributed by atoms with Gasteiger partial charge in [0.1, 0.15) is 0 Å². The van der Waals surface area contributed by atoms with Gasteiger partial charge in [-0.25, -0.2) is 0 Å². The third kappa shape index (κ3) is 1.54. The molecule has 0 bridgehead atoms. The molecule has 1 aliphatic heterocycles. The van der Waals surface area contributed by atoms with Crippen molar-refractivity contribution in [2.45, 2.75) is 32.3 Å². The van der Waals surface area contributed by atoms with E-state index in [4.69, 9.17) is 10.5 Å². The maximum absolute atomic E-state index is 5.75. The first-order valence-electron chi connectivity index (χ1n) is 4.71. The molecule has 2 rings (SSSR count). The van der Waals surface area contributed by atoms with E-state index in [1.807, 2.05) is 6.92 Å². The summed E-state index contributed by atoms with van der Waals surface area (Å²) in [6, 6.07) is 0. The minimum Gasteiger partial charge on any atom is -0.382 e. The van der Waals surface area contributed by atoms with E-state index < -0.39 is 0 Å². The van der Waals surface area contributed by atoms with Crippen LogP contribution < -0.4 is 5.73 Å². The summed E-state index contributed by atoms with van der Waals surface area (Å²) in [5.41, 5.74) is 7.84. The van der Waals surface area contributed by atoms with E-state index in [9.17, 15) is 0 Å². The van der Waals surface area contributed by atoms with Gasteiger partial charge < -0.3 is 10.5 Å². The zero-order chi connectivity index (χ0) is 9.26. The topological polar surface area (TPSA) is 63.9 Å². The second-order valence-corrected chi connectivity index (χ2v) is 3.50. The third-order valence-electron chi connectivity index (χ3n) is 2.53. The number of anilines is 1. The van der Waals surface area contributed by atoms with E-state index >= 15 is 0 Å². The van der Waals surface area contributed by atoms with Crippen molar-refractivity contribution in [3.05, 3.63) is 11.3 Å². The molecule has 1 atom stereocenters. The average Bonchev–Trinajstić information content (AvgIpc) is 2.48. The predicted molar refractivity (Wildman–Crippen MR) is 50.3 cm³/mol. The van der Waals surface area contributed by atoms with Gasteiger partial charge in [-0.3, -0.25) is 5.10 Å². The van der Waals surface area contributed by atoms with Crippen molar-refractivity contribution >= 4 is 5.82 Å². The number of rotatable bonds is 1. The number of nitrogens with one attached hydrogen (secondary N) is 1. The van der Waals surface area contributed by atoms with Gasteiger partial charge >= 0.3 is 0 Å². The number of H-pyrrole nitrogens is 1. The van der Waals surface area contributed by atoms with Gasteiger partial charge in [-0.2, -0.15) is 5.10 Å². The molecule has 1 fully saturated rings. The normalized spacial score (nSPS) is 23.3. The van der Waals surface area contributed by atoms with Gasteiger partial charge in [-0.15, -0.1) is 0 Å². The number of aryl methyl sites for hydroxylation is 1. The molecular weight excluding hydrogens is 166 g/mol. The Hall–Kier alpha value is -1.03. The first-order chi connectivity index (χ1) is 6.29. The molecule has 3 N–H and O–H groups in total. The fraction of sp³-hybridized carbons (Fsp3) is 0.667. The highest BCUT2D eigenvalue weighted by Crippen LogP contribution is 2.32. The lowest BCUT2D eigenvalue weighted by molar-refractivity contribution is 0.0150. The van der Waals surface area contributed by atoms with Crippen LogP contribution in [-0.2, 0) is 4.74 Å². The van der Waals surface area contributed by atoms with Crippen LogP contribution in [-0.4, -0.2) is 16.8 Å². The molecule has 0 amide bonds. The molecule has 1 aromatic rings. The quantitative estimate of drug-likeness (QED) is 0.690. The number of nitrogens with two attached hydrogens (primary N) is 1. The van der Waals surface area contributed by atoms with Crippen LogP contribution in [0.15, 0.2) is 0 Å². The van der Waals surface area contributed by atoms with Gasteiger partial charge in [0, 0.05) is 17.9 Å². The van der Waals surface area contributed by atoms with Crippen molar-refractivity contribution < 1.29 is 4.74 Å². The van der Waals surface area contributed by atoms with Gasteiger partial charge in [-0.05, 0) is 26.2 Å². The van der Waals surface area contributed by atoms with Crippen molar-refractivity contribution in [3.8, 4) is 0 Å². The summed E-state index contributed by atoms with van der Waals surface area (Å²) in [6.45, 7) is 2.82. The molecular formula is C9H15N3O. The summed E-state index contributed by atoms with van der Waals surface area (Å²) in [6.07, 6.45) is 3.60. The second-order valence-electron chi connectivity index (χ2n) is 3.50. The third-order valence-corrected chi connectivity index (χ3v) is 2.53. The van der Waals surface area contributed by atoms with Crippen molar-refractivity contribution in [2.75, 3.05) is 12.3 Å². The lowest BCUT2D eigenvalue weighted by atomic mass is 10.0. The maximum Gasteiger partial charge on any atom is 0.151 e. The van der Waals surface area contributed by atoms with Crippen LogP contribution in [0.4, 0.5) is 5.82 Å². The van der Waals surface area contributed by atoms with Crippen LogP contribution in [0.1, 0.15) is 36.6 Å². The molecule has 2 heterocycles. The van der Waals surface area contributed by atoms with Gasteiger partial charge in [0.2, 0.25) is 0 Å². The van der Waals surface area contributed by atoms with Gasteiger partial charge in [-0.1, -0.05) is 0 Å². The van der Waals surface area contributed by atoms with E-state index in [1.54, 1.807) is 0 Å². The van der Waals surface area contributed by atoms with Crippen molar-refractivity contribution in [3.63, 3.8) is 0 Å². The van der Waals surface area contributed by atoms with E-state index in [1.165, 1.54) is 6.42 Å². The van der Waals surface area contributed by atoms with E-state index in [2.05, 4.69) is 10.2 Å². The number of ether oxygens (including phenoxy) is 1. The fourth-order valence-electron chi connectivity index (χ4n) is 1.83. The number of nitrogens with zero attached hydrogens (tertiary/aromatic N) is 1. The van der Waals surface area contributed by atoms with E-state index in [0.717, 1.165) is 30.7 Å². The van der Waals surface area contributed by atoms with Gasteiger partial charge in [0.05, 0.1) is 6.10 Å². The Balaban J connectivity index is 2.22. The first-order valence-corrected chi connectivity index (χ1v) is 4.71. The Kier molecular flexibility index (Phi) is 2.22. The highest BCUT2D eigenvalue weighted by molar-refractivity contribution is 5.43. The number of aromatic amines is 1. The first kappa shape index (κ1) is 8.56. The Morgan fingerprint density at radius 1 is 1.54 bits per heavy atom. The number of nitrogen functional groups attached to an aromatic ring is 1. The molecule has 1 aromatic heterocycles. The minimum atomic E-state index is 0.160. The molecule has 0 spiro atoms. The molecule has 4 nitrogen and oxygen atoms in total. The summed E-state index contributed by atoms with van der Waals surface area (Å²) in [5, 5.41) is 6.84. The zero-order valence-corrected chi connectivity index (χ0v) is 7.84. The molecule has 0 radical (unpaired) electrons. The Labute approximate surface area is 77.5 Å². The maximum atomic E-state index is 5.75. The van der Waals surface area contributed by atoms with Gasteiger partial charge in [0.15, 0.2) is 5.82 Å². The number of hydrogen-bond acceptors (Lipinski definition) is 3. The average molecular weight is 181 g/mol. The van der Waals surface area contributed by atoms with Crippen molar-refractivity contribution in [1.82, 2.24) is 10.2 Å². The predicted octanol–water partition coefficient (Wildman–Crippen LogP) is 1.54. The van der Waals surface area contributed by atoms with E-state index in [0.29, 0.717) is 5.82 Å². The monoisotopic (exact) mass is 181 g/mol. The highest BCUT2D eigenvalue weighted by atomic mass is 16.5. The Bertz CT molecular complexity index is 270. The van der Waals surface area contributed by atoms with Gasteiger partial charge in [0.25, 0.3) is 0 Å². The fourth-order valence-corrected chi connectivity index (χ4v) is 1.83. The molecule has 0 saturated carbocycles. The van der Waals surface area contributed by atoms with Crippen LogP contribution in [0.2, 0.25) is 0 Å². The molecule has 1 aliphatic rings. The smallest absolute Gasteiger partial charge is 0.151 e. The van der Waals surface area contributed by atoms with Crippen LogP contribution >= 0.6 is 0 Å². The molecule has 0 aliphatic carbocycles. The molecule has 72 valence electrons. The summed E-state index contributed by atoms with van der Waals surface area (Å²) in [5.74, 6) is 0.587. The summed E-state index contributed by atoms with van der Waals surface area (Å²) in [7, 11) is 0. The zero-order valence-electron chi connectivity index (χ0n) is 7.84. The Morgan fingerprint density at radius 2 is 2.38 bits per heavy atom. The second kappa shape index (κ2) is 3.38. The summed E-state index contributed by atoms with van der Waals surface area (Å²) < 4.78 is 5.64. The number of aromatic nitrogens is 2. The largest absolute Gasteiger partial charge is 0.382 e. The SMILES string of the molecule is Cc1[nH]nc(N)c1C1CCCCO1. The summed E-state index contributed by atoms with van der Waals surface area (Å²) >= 11 is 0. The van der Waals surface area contributed by atoms with Crippen LogP contribution in [0.25, 0.3) is 0 Å².